The molecule has 1 heterocycles. The van der Waals surface area contributed by atoms with Gasteiger partial charge in [-0.05, 0) is 12.1 Å². The van der Waals surface area contributed by atoms with Crippen LogP contribution in [0.2, 0.25) is 5.02 Å². The van der Waals surface area contributed by atoms with E-state index in [9.17, 15) is 8.78 Å². The molecule has 0 amide bonds. The number of rotatable bonds is 1. The lowest BCUT2D eigenvalue weighted by atomic mass is 10.1. The second-order valence-electron chi connectivity index (χ2n) is 3.32. The summed E-state index contributed by atoms with van der Waals surface area (Å²) in [5, 5.41) is 2.92. The molecule has 2 rings (SSSR count). The van der Waals surface area contributed by atoms with Gasteiger partial charge in [0.05, 0.1) is 17.2 Å². The van der Waals surface area contributed by atoms with E-state index >= 15 is 0 Å². The topological polar surface area (TPSA) is 21.3 Å². The van der Waals surface area contributed by atoms with E-state index in [0.717, 1.165) is 6.07 Å². The number of morpholine rings is 1. The van der Waals surface area contributed by atoms with Crippen LogP contribution in [0.5, 0.6) is 0 Å². The molecule has 0 unspecified atom stereocenters. The molecule has 1 aliphatic heterocycles. The van der Waals surface area contributed by atoms with E-state index in [0.29, 0.717) is 19.7 Å². The molecule has 0 aromatic heterocycles. The maximum absolute atomic E-state index is 13.6. The highest BCUT2D eigenvalue weighted by Crippen LogP contribution is 2.28. The van der Waals surface area contributed by atoms with Gasteiger partial charge >= 0.3 is 0 Å². The molecule has 15 heavy (non-hydrogen) atoms. The van der Waals surface area contributed by atoms with E-state index in [1.54, 1.807) is 0 Å². The fourth-order valence-electron chi connectivity index (χ4n) is 1.59. The van der Waals surface area contributed by atoms with Crippen molar-refractivity contribution in [2.45, 2.75) is 6.10 Å². The van der Waals surface area contributed by atoms with Crippen LogP contribution >= 0.6 is 11.6 Å². The van der Waals surface area contributed by atoms with Crippen LogP contribution in [0.3, 0.4) is 0 Å². The van der Waals surface area contributed by atoms with Crippen LogP contribution in [-0.2, 0) is 4.74 Å². The molecule has 1 fully saturated rings. The predicted molar refractivity (Wildman–Crippen MR) is 52.9 cm³/mol. The van der Waals surface area contributed by atoms with E-state index in [2.05, 4.69) is 5.32 Å². The van der Waals surface area contributed by atoms with Gasteiger partial charge in [-0.3, -0.25) is 0 Å². The Hall–Kier alpha value is -0.710. The van der Waals surface area contributed by atoms with Crippen LogP contribution in [0, 0.1) is 11.6 Å². The number of nitrogens with one attached hydrogen (secondary N) is 1. The molecule has 0 saturated carbocycles. The first kappa shape index (κ1) is 10.8. The average molecular weight is 234 g/mol. The summed E-state index contributed by atoms with van der Waals surface area (Å²) in [5.74, 6) is -1.35. The predicted octanol–water partition coefficient (Wildman–Crippen LogP) is 2.28. The van der Waals surface area contributed by atoms with E-state index in [4.69, 9.17) is 16.3 Å². The molecule has 1 atom stereocenters. The number of hydrogen-bond donors (Lipinski definition) is 1. The molecule has 0 radical (unpaired) electrons. The quantitative estimate of drug-likeness (QED) is 0.752. The molecule has 2 nitrogen and oxygen atoms in total. The van der Waals surface area contributed by atoms with Gasteiger partial charge < -0.3 is 10.1 Å². The first-order chi connectivity index (χ1) is 7.20. The summed E-state index contributed by atoms with van der Waals surface area (Å²) in [6, 6.07) is 2.35. The fraction of sp³-hybridized carbons (Fsp3) is 0.400. The molecule has 5 heteroatoms. The van der Waals surface area contributed by atoms with Crippen molar-refractivity contribution >= 4 is 11.6 Å². The van der Waals surface area contributed by atoms with Crippen LogP contribution in [0.25, 0.3) is 0 Å². The minimum atomic E-state index is -0.731. The molecule has 1 aromatic carbocycles. The average Bonchev–Trinajstić information content (AvgIpc) is 2.26. The Morgan fingerprint density at radius 3 is 2.87 bits per heavy atom. The molecule has 1 N–H and O–H groups in total. The Bertz CT molecular complexity index is 367. The minimum absolute atomic E-state index is 0.0828. The molecule has 82 valence electrons. The van der Waals surface area contributed by atoms with Crippen molar-refractivity contribution in [3.8, 4) is 0 Å². The molecule has 1 aromatic rings. The van der Waals surface area contributed by atoms with Crippen molar-refractivity contribution in [2.24, 2.45) is 0 Å². The van der Waals surface area contributed by atoms with Crippen molar-refractivity contribution in [1.82, 2.24) is 5.32 Å². The van der Waals surface area contributed by atoms with Crippen molar-refractivity contribution in [1.29, 1.82) is 0 Å². The lowest BCUT2D eigenvalue weighted by Gasteiger charge is -2.24. The molecule has 0 spiro atoms. The van der Waals surface area contributed by atoms with E-state index < -0.39 is 17.7 Å². The van der Waals surface area contributed by atoms with E-state index in [-0.39, 0.29) is 10.6 Å². The van der Waals surface area contributed by atoms with Crippen LogP contribution in [0.4, 0.5) is 8.78 Å². The summed E-state index contributed by atoms with van der Waals surface area (Å²) in [7, 11) is 0. The van der Waals surface area contributed by atoms with Crippen molar-refractivity contribution < 1.29 is 13.5 Å². The van der Waals surface area contributed by atoms with E-state index in [1.807, 2.05) is 0 Å². The van der Waals surface area contributed by atoms with Crippen LogP contribution < -0.4 is 5.32 Å². The third kappa shape index (κ3) is 2.12. The zero-order valence-corrected chi connectivity index (χ0v) is 8.65. The summed E-state index contributed by atoms with van der Waals surface area (Å²) < 4.78 is 32.3. The Morgan fingerprint density at radius 1 is 1.40 bits per heavy atom. The second-order valence-corrected chi connectivity index (χ2v) is 3.73. The Labute approximate surface area is 91.2 Å². The summed E-state index contributed by atoms with van der Waals surface area (Å²) in [4.78, 5) is 0. The van der Waals surface area contributed by atoms with Gasteiger partial charge in [0.2, 0.25) is 0 Å². The van der Waals surface area contributed by atoms with Crippen molar-refractivity contribution in [3.05, 3.63) is 34.4 Å². The SMILES string of the molecule is Fc1ccc(Cl)c(F)c1[C@H]1CNCCO1. The Kier molecular flexibility index (Phi) is 3.19. The second kappa shape index (κ2) is 4.43. The number of ether oxygens (including phenoxy) is 1. The summed E-state index contributed by atoms with van der Waals surface area (Å²) >= 11 is 5.59. The lowest BCUT2D eigenvalue weighted by Crippen LogP contribution is -2.34. The van der Waals surface area contributed by atoms with Gasteiger partial charge in [0.25, 0.3) is 0 Å². The number of hydrogen-bond acceptors (Lipinski definition) is 2. The van der Waals surface area contributed by atoms with Gasteiger partial charge in [-0.25, -0.2) is 8.78 Å². The smallest absolute Gasteiger partial charge is 0.150 e. The highest BCUT2D eigenvalue weighted by molar-refractivity contribution is 6.30. The third-order valence-electron chi connectivity index (χ3n) is 2.33. The molecule has 0 bridgehead atoms. The van der Waals surface area contributed by atoms with Crippen molar-refractivity contribution in [2.75, 3.05) is 19.7 Å². The van der Waals surface area contributed by atoms with Crippen LogP contribution in [0.15, 0.2) is 12.1 Å². The number of benzene rings is 1. The zero-order chi connectivity index (χ0) is 10.8. The summed E-state index contributed by atoms with van der Waals surface area (Å²) in [6.45, 7) is 1.53. The highest BCUT2D eigenvalue weighted by Gasteiger charge is 2.24. The van der Waals surface area contributed by atoms with Gasteiger partial charge in [-0.1, -0.05) is 11.6 Å². The zero-order valence-electron chi connectivity index (χ0n) is 7.90. The molecular formula is C10H10ClF2NO. The Morgan fingerprint density at radius 2 is 2.20 bits per heavy atom. The maximum Gasteiger partial charge on any atom is 0.150 e. The normalized spacial score (nSPS) is 21.7. The Balaban J connectivity index is 2.36. The maximum atomic E-state index is 13.6. The van der Waals surface area contributed by atoms with Gasteiger partial charge in [0.1, 0.15) is 11.9 Å². The molecule has 0 aliphatic carbocycles. The van der Waals surface area contributed by atoms with Crippen molar-refractivity contribution in [3.63, 3.8) is 0 Å². The standard InChI is InChI=1S/C10H10ClF2NO/c11-6-1-2-7(12)9(10(6)13)8-5-14-3-4-15-8/h1-2,8,14H,3-5H2/t8-/m1/s1. The molecule has 1 aliphatic rings. The lowest BCUT2D eigenvalue weighted by molar-refractivity contribution is 0.0232. The molecule has 1 saturated heterocycles. The summed E-state index contributed by atoms with van der Waals surface area (Å²) in [6.07, 6.45) is -0.600. The van der Waals surface area contributed by atoms with Gasteiger partial charge in [0, 0.05) is 13.1 Å². The van der Waals surface area contributed by atoms with Gasteiger partial charge in [0.15, 0.2) is 5.82 Å². The first-order valence-electron chi connectivity index (χ1n) is 4.66. The molecular weight excluding hydrogens is 224 g/mol. The van der Waals surface area contributed by atoms with Gasteiger partial charge in [-0.2, -0.15) is 0 Å². The summed E-state index contributed by atoms with van der Waals surface area (Å²) in [5.41, 5.74) is -0.0882. The van der Waals surface area contributed by atoms with Crippen LogP contribution in [0.1, 0.15) is 11.7 Å². The monoisotopic (exact) mass is 233 g/mol. The van der Waals surface area contributed by atoms with Gasteiger partial charge in [-0.15, -0.1) is 0 Å². The third-order valence-corrected chi connectivity index (χ3v) is 2.62. The van der Waals surface area contributed by atoms with Crippen LogP contribution in [-0.4, -0.2) is 19.7 Å². The largest absolute Gasteiger partial charge is 0.371 e. The van der Waals surface area contributed by atoms with E-state index in [1.165, 1.54) is 6.07 Å². The fourth-order valence-corrected chi connectivity index (χ4v) is 1.75. The first-order valence-corrected chi connectivity index (χ1v) is 5.03. The number of halogens is 3. The minimum Gasteiger partial charge on any atom is -0.371 e. The highest BCUT2D eigenvalue weighted by atomic mass is 35.5.